The normalized spacial score (nSPS) is 11.0. The Morgan fingerprint density at radius 3 is 2.25 bits per heavy atom. The van der Waals surface area contributed by atoms with Crippen LogP contribution in [0.2, 0.25) is 0 Å². The maximum absolute atomic E-state index is 12.1. The molecule has 0 bridgehead atoms. The van der Waals surface area contributed by atoms with E-state index >= 15 is 0 Å². The molecule has 0 amide bonds. The number of carbonyl (C=O) groups excluding carboxylic acids is 3. The highest BCUT2D eigenvalue weighted by molar-refractivity contribution is 6.02. The molecule has 0 aliphatic heterocycles. The smallest absolute Gasteiger partial charge is 0.345 e. The topological polar surface area (TPSA) is 80.7 Å². The van der Waals surface area contributed by atoms with Gasteiger partial charge in [-0.15, -0.1) is 0 Å². The number of ether oxygens (including phenoxy) is 1. The first-order valence-electron chi connectivity index (χ1n) is 7.37. The molecular weight excluding hydrogens is 308 g/mol. The van der Waals surface area contributed by atoms with Crippen LogP contribution in [0.25, 0.3) is 11.1 Å². The van der Waals surface area contributed by atoms with Gasteiger partial charge in [-0.05, 0) is 43.5 Å². The summed E-state index contributed by atoms with van der Waals surface area (Å²) < 4.78 is 4.40. The number of benzene rings is 2. The molecule has 2 aromatic rings. The van der Waals surface area contributed by atoms with Crippen molar-refractivity contribution in [2.75, 3.05) is 0 Å². The van der Waals surface area contributed by atoms with E-state index in [2.05, 4.69) is 4.74 Å². The Morgan fingerprint density at radius 1 is 1.08 bits per heavy atom. The van der Waals surface area contributed by atoms with Gasteiger partial charge in [-0.3, -0.25) is 9.59 Å². The van der Waals surface area contributed by atoms with Gasteiger partial charge < -0.3 is 9.84 Å². The molecule has 24 heavy (non-hydrogen) atoms. The van der Waals surface area contributed by atoms with Gasteiger partial charge in [0.25, 0.3) is 0 Å². The first kappa shape index (κ1) is 17.6. The largest absolute Gasteiger partial charge is 0.392 e. The summed E-state index contributed by atoms with van der Waals surface area (Å²) in [5.41, 5.74) is 1.54. The van der Waals surface area contributed by atoms with Gasteiger partial charge in [0.05, 0.1) is 5.56 Å². The highest BCUT2D eigenvalue weighted by atomic mass is 16.6. The van der Waals surface area contributed by atoms with Crippen LogP contribution in [0.5, 0.6) is 0 Å². The van der Waals surface area contributed by atoms with Crippen LogP contribution in [0.3, 0.4) is 0 Å². The molecule has 0 radical (unpaired) electrons. The molecule has 0 atom stereocenters. The molecule has 0 unspecified atom stereocenters. The van der Waals surface area contributed by atoms with Crippen molar-refractivity contribution >= 4 is 18.2 Å². The van der Waals surface area contributed by atoms with Crippen LogP contribution in [-0.2, 0) is 9.53 Å². The van der Waals surface area contributed by atoms with Crippen molar-refractivity contribution in [3.05, 3.63) is 59.2 Å². The first-order chi connectivity index (χ1) is 11.3. The van der Waals surface area contributed by atoms with Crippen LogP contribution in [0.4, 0.5) is 0 Å². The third kappa shape index (κ3) is 3.58. The number of aliphatic hydroxyl groups is 1. The minimum atomic E-state index is -1.43. The van der Waals surface area contributed by atoms with Crippen LogP contribution >= 0.6 is 0 Å². The molecule has 0 aliphatic carbocycles. The molecule has 5 heteroatoms. The Morgan fingerprint density at radius 2 is 1.71 bits per heavy atom. The highest BCUT2D eigenvalue weighted by Crippen LogP contribution is 2.27. The summed E-state index contributed by atoms with van der Waals surface area (Å²) in [6.45, 7) is 4.74. The molecular formula is C19H18O5. The van der Waals surface area contributed by atoms with Gasteiger partial charge >= 0.3 is 12.4 Å². The summed E-state index contributed by atoms with van der Waals surface area (Å²) in [5, 5.41) is 9.79. The van der Waals surface area contributed by atoms with E-state index in [0.717, 1.165) is 11.1 Å². The van der Waals surface area contributed by atoms with E-state index in [1.807, 2.05) is 6.07 Å². The van der Waals surface area contributed by atoms with Crippen LogP contribution in [0, 0.1) is 6.92 Å². The van der Waals surface area contributed by atoms with E-state index in [4.69, 9.17) is 0 Å². The molecule has 0 saturated heterocycles. The average Bonchev–Trinajstić information content (AvgIpc) is 2.54. The fraction of sp³-hybridized carbons (Fsp3) is 0.211. The fourth-order valence-electron chi connectivity index (χ4n) is 2.43. The van der Waals surface area contributed by atoms with E-state index in [9.17, 15) is 19.5 Å². The van der Waals surface area contributed by atoms with Crippen LogP contribution < -0.4 is 0 Å². The molecule has 0 heterocycles. The lowest BCUT2D eigenvalue weighted by Crippen LogP contribution is -2.30. The lowest BCUT2D eigenvalue weighted by molar-refractivity contribution is -0.123. The second-order valence-electron chi connectivity index (χ2n) is 5.95. The van der Waals surface area contributed by atoms with E-state index < -0.39 is 11.6 Å². The Bertz CT molecular complexity index is 782. The van der Waals surface area contributed by atoms with E-state index in [0.29, 0.717) is 16.7 Å². The maximum atomic E-state index is 12.1. The number of Topliss-reactive ketones (excluding diaryl/α,β-unsaturated/α-hetero) is 1. The summed E-state index contributed by atoms with van der Waals surface area (Å²) in [6, 6.07) is 11.9. The quantitative estimate of drug-likeness (QED) is 0.395. The minimum absolute atomic E-state index is 0.103. The van der Waals surface area contributed by atoms with Crippen molar-refractivity contribution in [1.29, 1.82) is 0 Å². The minimum Gasteiger partial charge on any atom is -0.392 e. The second-order valence-corrected chi connectivity index (χ2v) is 5.95. The standard InChI is InChI=1S/C19H18O5/c1-12-15(5-4-6-16(12)18(22)24-11-20)13-7-9-14(10-8-13)17(21)19(2,3)23/h4-11,23H,1-3H3. The monoisotopic (exact) mass is 326 g/mol. The molecule has 0 fully saturated rings. The highest BCUT2D eigenvalue weighted by Gasteiger charge is 2.25. The van der Waals surface area contributed by atoms with Gasteiger partial charge in [0.15, 0.2) is 5.78 Å². The van der Waals surface area contributed by atoms with Gasteiger partial charge in [-0.2, -0.15) is 0 Å². The molecule has 124 valence electrons. The average molecular weight is 326 g/mol. The summed E-state index contributed by atoms with van der Waals surface area (Å²) in [6.07, 6.45) is 0. The SMILES string of the molecule is Cc1c(C(=O)OC=O)cccc1-c1ccc(C(=O)C(C)(C)O)cc1. The Kier molecular flexibility index (Phi) is 4.95. The second kappa shape index (κ2) is 6.76. The van der Waals surface area contributed by atoms with Crippen molar-refractivity contribution in [3.8, 4) is 11.1 Å². The lowest BCUT2D eigenvalue weighted by atomic mass is 9.93. The van der Waals surface area contributed by atoms with E-state index in [1.165, 1.54) is 13.8 Å². The van der Waals surface area contributed by atoms with Gasteiger partial charge in [-0.25, -0.2) is 4.79 Å². The molecule has 1 N–H and O–H groups in total. The summed E-state index contributed by atoms with van der Waals surface area (Å²) >= 11 is 0. The summed E-state index contributed by atoms with van der Waals surface area (Å²) in [4.78, 5) is 34.2. The van der Waals surface area contributed by atoms with Crippen molar-refractivity contribution in [3.63, 3.8) is 0 Å². The summed E-state index contributed by atoms with van der Waals surface area (Å²) in [7, 11) is 0. The van der Waals surface area contributed by atoms with Crippen LogP contribution in [0.1, 0.15) is 40.1 Å². The van der Waals surface area contributed by atoms with Crippen LogP contribution in [0.15, 0.2) is 42.5 Å². The van der Waals surface area contributed by atoms with Gasteiger partial charge in [-0.1, -0.05) is 36.4 Å². The predicted octanol–water partition coefficient (Wildman–Crippen LogP) is 2.93. The van der Waals surface area contributed by atoms with Crippen molar-refractivity contribution < 1.29 is 24.2 Å². The number of ketones is 1. The van der Waals surface area contributed by atoms with Gasteiger partial charge in [0.1, 0.15) is 5.60 Å². The third-order valence-corrected chi connectivity index (χ3v) is 3.72. The van der Waals surface area contributed by atoms with Crippen LogP contribution in [-0.4, -0.2) is 28.9 Å². The first-order valence-corrected chi connectivity index (χ1v) is 7.37. The van der Waals surface area contributed by atoms with Crippen molar-refractivity contribution in [1.82, 2.24) is 0 Å². The molecule has 2 aromatic carbocycles. The number of esters is 1. The Labute approximate surface area is 139 Å². The number of carbonyl (C=O) groups is 3. The molecule has 0 spiro atoms. The number of hydrogen-bond donors (Lipinski definition) is 1. The van der Waals surface area contributed by atoms with Crippen molar-refractivity contribution in [2.24, 2.45) is 0 Å². The zero-order valence-electron chi connectivity index (χ0n) is 13.7. The van der Waals surface area contributed by atoms with Gasteiger partial charge in [0, 0.05) is 5.56 Å². The van der Waals surface area contributed by atoms with Crippen molar-refractivity contribution in [2.45, 2.75) is 26.4 Å². The molecule has 2 rings (SSSR count). The Balaban J connectivity index is 2.40. The summed E-state index contributed by atoms with van der Waals surface area (Å²) in [5.74, 6) is -1.08. The maximum Gasteiger partial charge on any atom is 0.345 e. The number of rotatable bonds is 5. The molecule has 0 saturated carbocycles. The van der Waals surface area contributed by atoms with E-state index in [1.54, 1.807) is 43.3 Å². The van der Waals surface area contributed by atoms with Gasteiger partial charge in [0.2, 0.25) is 0 Å². The predicted molar refractivity (Wildman–Crippen MR) is 88.7 cm³/mol. The Hall–Kier alpha value is -2.79. The number of hydrogen-bond acceptors (Lipinski definition) is 5. The lowest BCUT2D eigenvalue weighted by Gasteiger charge is -2.16. The third-order valence-electron chi connectivity index (χ3n) is 3.72. The molecule has 0 aromatic heterocycles. The molecule has 5 nitrogen and oxygen atoms in total. The fourth-order valence-corrected chi connectivity index (χ4v) is 2.43. The molecule has 0 aliphatic rings. The zero-order chi connectivity index (χ0) is 17.9. The van der Waals surface area contributed by atoms with E-state index in [-0.39, 0.29) is 12.3 Å². The zero-order valence-corrected chi connectivity index (χ0v) is 13.7.